The van der Waals surface area contributed by atoms with Crippen LogP contribution >= 0.6 is 0 Å². The number of alkyl halides is 3. The molecule has 0 atom stereocenters. The molecule has 0 radical (unpaired) electrons. The summed E-state index contributed by atoms with van der Waals surface area (Å²) in [6.45, 7) is 4.27. The Morgan fingerprint density at radius 3 is 2.43 bits per heavy atom. The lowest BCUT2D eigenvalue weighted by Crippen LogP contribution is -2.53. The zero-order chi connectivity index (χ0) is 31.1. The number of carbonyl (C=O) groups is 1. The van der Waals surface area contributed by atoms with Gasteiger partial charge in [0.1, 0.15) is 0 Å². The molecule has 9 nitrogen and oxygen atoms in total. The van der Waals surface area contributed by atoms with Gasteiger partial charge in [-0.1, -0.05) is 30.3 Å². The molecule has 0 bridgehead atoms. The number of para-hydroxylation sites is 1. The second-order valence-electron chi connectivity index (χ2n) is 11.9. The smallest absolute Gasteiger partial charge is 0.334 e. The third-order valence-corrected chi connectivity index (χ3v) is 10.2. The maximum atomic E-state index is 13.2. The van der Waals surface area contributed by atoms with Gasteiger partial charge < -0.3 is 10.2 Å². The molecule has 3 aliphatic rings. The summed E-state index contributed by atoms with van der Waals surface area (Å²) in [5.74, 6) is 0. The van der Waals surface area contributed by atoms with Crippen LogP contribution in [0, 0.1) is 0 Å². The molecule has 0 aliphatic carbocycles. The molecule has 44 heavy (non-hydrogen) atoms. The molecular weight excluding hydrogens is 593 g/mol. The van der Waals surface area contributed by atoms with Crippen LogP contribution < -0.4 is 10.2 Å². The summed E-state index contributed by atoms with van der Waals surface area (Å²) < 4.78 is 67.9. The topological polar surface area (TPSA) is 90.8 Å². The van der Waals surface area contributed by atoms with Gasteiger partial charge in [-0.15, -0.1) is 0 Å². The maximum Gasteiger partial charge on any atom is 0.416 e. The summed E-state index contributed by atoms with van der Waals surface area (Å²) >= 11 is 0. The lowest BCUT2D eigenvalue weighted by molar-refractivity contribution is -0.137. The SMILES string of the molecule is CS(=O)(=O)N1CCCc2c(c(-c3ccc(C(F)(F)F)cc3)nn2CCCN2CCC(N3C(=O)NCc4ccccc43)CC2)C1. The molecule has 2 aromatic carbocycles. The highest BCUT2D eigenvalue weighted by molar-refractivity contribution is 7.88. The van der Waals surface area contributed by atoms with Crippen LogP contribution in [0.2, 0.25) is 0 Å². The normalized spacial score (nSPS) is 18.9. The maximum absolute atomic E-state index is 13.2. The molecule has 2 amide bonds. The predicted molar refractivity (Wildman–Crippen MR) is 161 cm³/mol. The van der Waals surface area contributed by atoms with Crippen molar-refractivity contribution in [2.75, 3.05) is 37.3 Å². The third-order valence-electron chi connectivity index (χ3n) is 8.94. The second kappa shape index (κ2) is 12.2. The molecule has 13 heteroatoms. The van der Waals surface area contributed by atoms with Gasteiger partial charge >= 0.3 is 12.2 Å². The number of aryl methyl sites for hydroxylation is 1. The number of amides is 2. The van der Waals surface area contributed by atoms with E-state index in [9.17, 15) is 26.4 Å². The monoisotopic (exact) mass is 630 g/mol. The van der Waals surface area contributed by atoms with Crippen LogP contribution in [0.5, 0.6) is 0 Å². The minimum Gasteiger partial charge on any atom is -0.334 e. The minimum absolute atomic E-state index is 0.0418. The van der Waals surface area contributed by atoms with Gasteiger partial charge in [-0.25, -0.2) is 13.2 Å². The van der Waals surface area contributed by atoms with Crippen molar-refractivity contribution in [1.82, 2.24) is 24.3 Å². The molecule has 1 saturated heterocycles. The number of anilines is 1. The number of fused-ring (bicyclic) bond motifs is 2. The zero-order valence-corrected chi connectivity index (χ0v) is 25.5. The standard InChI is InChI=1S/C31H37F3N6O3S/c1-44(42,43)38-16-4-8-28-26(21-38)29(22-9-11-24(12-10-22)31(32,33)34)36-39(28)17-5-15-37-18-13-25(14-19-37)40-27-7-3-2-6-23(27)20-35-30(40)41/h2-3,6-7,9-12,25H,4-5,8,13-21H2,1H3,(H,35,41). The average Bonchev–Trinajstić information content (AvgIpc) is 3.16. The highest BCUT2D eigenvalue weighted by atomic mass is 32.2. The molecule has 236 valence electrons. The number of carbonyl (C=O) groups excluding carboxylic acids is 1. The van der Waals surface area contributed by atoms with E-state index >= 15 is 0 Å². The summed E-state index contributed by atoms with van der Waals surface area (Å²) in [4.78, 5) is 17.1. The lowest BCUT2D eigenvalue weighted by Gasteiger charge is -2.41. The van der Waals surface area contributed by atoms with Gasteiger partial charge in [0, 0.05) is 62.1 Å². The van der Waals surface area contributed by atoms with Crippen molar-refractivity contribution >= 4 is 21.7 Å². The fourth-order valence-corrected chi connectivity index (χ4v) is 7.47. The number of hydrogen-bond acceptors (Lipinski definition) is 5. The fraction of sp³-hybridized carbons (Fsp3) is 0.484. The second-order valence-corrected chi connectivity index (χ2v) is 13.8. The first kappa shape index (κ1) is 30.6. The Bertz CT molecular complexity index is 1620. The first-order chi connectivity index (χ1) is 21.0. The van der Waals surface area contributed by atoms with Crippen LogP contribution in [0.3, 0.4) is 0 Å². The van der Waals surface area contributed by atoms with E-state index in [0.717, 1.165) is 73.5 Å². The number of likely N-dealkylation sites (tertiary alicyclic amines) is 1. The van der Waals surface area contributed by atoms with Gasteiger partial charge in [-0.2, -0.15) is 22.6 Å². The first-order valence-electron chi connectivity index (χ1n) is 15.1. The highest BCUT2D eigenvalue weighted by Gasteiger charge is 2.34. The van der Waals surface area contributed by atoms with Gasteiger partial charge in [-0.3, -0.25) is 9.58 Å². The van der Waals surface area contributed by atoms with Crippen molar-refractivity contribution in [2.24, 2.45) is 0 Å². The molecular formula is C31H37F3N6O3S. The first-order valence-corrected chi connectivity index (χ1v) is 16.9. The molecule has 0 spiro atoms. The number of nitrogens with one attached hydrogen (secondary N) is 1. The molecule has 0 unspecified atom stereocenters. The van der Waals surface area contributed by atoms with E-state index in [1.54, 1.807) is 0 Å². The van der Waals surface area contributed by atoms with Crippen LogP contribution in [0.4, 0.5) is 23.7 Å². The van der Waals surface area contributed by atoms with Crippen molar-refractivity contribution in [3.05, 3.63) is 70.9 Å². The van der Waals surface area contributed by atoms with Gasteiger partial charge in [-0.05, 0) is 62.4 Å². The number of urea groups is 1. The Kier molecular flexibility index (Phi) is 8.46. The van der Waals surface area contributed by atoms with Gasteiger partial charge in [0.25, 0.3) is 0 Å². The van der Waals surface area contributed by atoms with Crippen molar-refractivity contribution in [1.29, 1.82) is 0 Å². The Morgan fingerprint density at radius 1 is 1.00 bits per heavy atom. The quantitative estimate of drug-likeness (QED) is 0.403. The Balaban J connectivity index is 1.14. The largest absolute Gasteiger partial charge is 0.416 e. The number of hydrogen-bond donors (Lipinski definition) is 1. The summed E-state index contributed by atoms with van der Waals surface area (Å²) in [5, 5.41) is 7.83. The number of sulfonamides is 1. The van der Waals surface area contributed by atoms with E-state index in [4.69, 9.17) is 5.10 Å². The number of halogens is 3. The van der Waals surface area contributed by atoms with Crippen molar-refractivity contribution in [2.45, 2.75) is 64.0 Å². The number of nitrogens with zero attached hydrogens (tertiary/aromatic N) is 5. The lowest BCUT2D eigenvalue weighted by atomic mass is 10.00. The summed E-state index contributed by atoms with van der Waals surface area (Å²) in [5.41, 5.74) is 4.15. The zero-order valence-electron chi connectivity index (χ0n) is 24.7. The van der Waals surface area contributed by atoms with E-state index in [-0.39, 0.29) is 18.6 Å². The van der Waals surface area contributed by atoms with Crippen LogP contribution in [-0.2, 0) is 42.3 Å². The van der Waals surface area contributed by atoms with Crippen LogP contribution in [0.25, 0.3) is 11.3 Å². The molecule has 1 N–H and O–H groups in total. The molecule has 1 aromatic heterocycles. The van der Waals surface area contributed by atoms with Crippen molar-refractivity contribution < 1.29 is 26.4 Å². The van der Waals surface area contributed by atoms with Crippen molar-refractivity contribution in [3.8, 4) is 11.3 Å². The number of rotatable bonds is 7. The van der Waals surface area contributed by atoms with Crippen LogP contribution in [0.1, 0.15) is 48.1 Å². The summed E-state index contributed by atoms with van der Waals surface area (Å²) in [7, 11) is -3.46. The van der Waals surface area contributed by atoms with Gasteiger partial charge in [0.2, 0.25) is 10.0 Å². The molecule has 1 fully saturated rings. The van der Waals surface area contributed by atoms with E-state index in [2.05, 4.69) is 16.3 Å². The molecule has 3 aliphatic heterocycles. The summed E-state index contributed by atoms with van der Waals surface area (Å²) in [6.07, 6.45) is 0.574. The molecule has 3 aromatic rings. The fourth-order valence-electron chi connectivity index (χ4n) is 6.64. The van der Waals surface area contributed by atoms with Crippen molar-refractivity contribution in [3.63, 3.8) is 0 Å². The van der Waals surface area contributed by atoms with Crippen LogP contribution in [-0.4, -0.2) is 71.9 Å². The molecule has 6 rings (SSSR count). The van der Waals surface area contributed by atoms with Crippen LogP contribution in [0.15, 0.2) is 48.5 Å². The number of aromatic nitrogens is 2. The van der Waals surface area contributed by atoms with E-state index in [1.807, 2.05) is 27.8 Å². The summed E-state index contributed by atoms with van der Waals surface area (Å²) in [6, 6.07) is 13.0. The Labute approximate surface area is 255 Å². The predicted octanol–water partition coefficient (Wildman–Crippen LogP) is 4.86. The van der Waals surface area contributed by atoms with E-state index in [1.165, 1.54) is 22.7 Å². The highest BCUT2D eigenvalue weighted by Crippen LogP contribution is 2.35. The van der Waals surface area contributed by atoms with E-state index < -0.39 is 21.8 Å². The third kappa shape index (κ3) is 6.36. The molecule has 0 saturated carbocycles. The average molecular weight is 631 g/mol. The molecule has 4 heterocycles. The number of piperidine rings is 1. The van der Waals surface area contributed by atoms with Gasteiger partial charge in [0.05, 0.1) is 23.2 Å². The number of benzene rings is 2. The Morgan fingerprint density at radius 2 is 1.73 bits per heavy atom. The Hall–Kier alpha value is -3.42. The van der Waals surface area contributed by atoms with Gasteiger partial charge in [0.15, 0.2) is 0 Å². The minimum atomic E-state index is -4.44. The van der Waals surface area contributed by atoms with E-state index in [0.29, 0.717) is 43.7 Å².